The molecule has 0 saturated heterocycles. The summed E-state index contributed by atoms with van der Waals surface area (Å²) in [5.74, 6) is -0.645. The lowest BCUT2D eigenvalue weighted by molar-refractivity contribution is 0.0932. The van der Waals surface area contributed by atoms with Gasteiger partial charge in [0.15, 0.2) is 0 Å². The van der Waals surface area contributed by atoms with Gasteiger partial charge in [0.1, 0.15) is 5.69 Å². The second-order valence-corrected chi connectivity index (χ2v) is 5.57. The van der Waals surface area contributed by atoms with Crippen LogP contribution in [-0.4, -0.2) is 51.2 Å². The number of anilines is 2. The smallest absolute Gasteiger partial charge is 0.269 e. The lowest BCUT2D eigenvalue weighted by atomic mass is 10.2. The molecule has 0 aliphatic carbocycles. The van der Waals surface area contributed by atoms with E-state index in [2.05, 4.69) is 15.6 Å². The van der Waals surface area contributed by atoms with E-state index >= 15 is 0 Å². The molecule has 7 heteroatoms. The maximum atomic E-state index is 12.4. The highest BCUT2D eigenvalue weighted by molar-refractivity contribution is 6.05. The van der Waals surface area contributed by atoms with Crippen molar-refractivity contribution in [3.05, 3.63) is 53.9 Å². The Bertz CT molecular complexity index is 729. The summed E-state index contributed by atoms with van der Waals surface area (Å²) >= 11 is 0. The van der Waals surface area contributed by atoms with Gasteiger partial charge >= 0.3 is 0 Å². The van der Waals surface area contributed by atoms with Gasteiger partial charge in [0, 0.05) is 50.9 Å². The van der Waals surface area contributed by atoms with Gasteiger partial charge in [0.05, 0.1) is 6.61 Å². The van der Waals surface area contributed by atoms with E-state index in [-0.39, 0.29) is 17.5 Å². The maximum Gasteiger partial charge on any atom is 0.269 e. The molecule has 0 atom stereocenters. The van der Waals surface area contributed by atoms with Crippen LogP contribution < -0.4 is 15.5 Å². The van der Waals surface area contributed by atoms with Crippen molar-refractivity contribution in [3.63, 3.8) is 0 Å². The van der Waals surface area contributed by atoms with Crippen molar-refractivity contribution in [3.8, 4) is 0 Å². The van der Waals surface area contributed by atoms with Gasteiger partial charge in [-0.15, -0.1) is 0 Å². The third-order valence-corrected chi connectivity index (χ3v) is 3.49. The summed E-state index contributed by atoms with van der Waals surface area (Å²) < 4.78 is 4.88. The molecule has 25 heavy (non-hydrogen) atoms. The number of pyridine rings is 1. The number of carbonyl (C=O) groups excluding carboxylic acids is 2. The van der Waals surface area contributed by atoms with Crippen LogP contribution in [-0.2, 0) is 4.74 Å². The number of hydrogen-bond donors (Lipinski definition) is 2. The molecular weight excluding hydrogens is 320 g/mol. The normalized spacial score (nSPS) is 10.2. The van der Waals surface area contributed by atoms with Gasteiger partial charge in [-0.05, 0) is 36.4 Å². The molecule has 0 aliphatic rings. The van der Waals surface area contributed by atoms with Gasteiger partial charge in [0.2, 0.25) is 0 Å². The molecule has 1 aromatic heterocycles. The average Bonchev–Trinajstić information content (AvgIpc) is 2.62. The largest absolute Gasteiger partial charge is 0.383 e. The summed E-state index contributed by atoms with van der Waals surface area (Å²) in [5.41, 5.74) is 2.27. The minimum atomic E-state index is -0.345. The molecule has 0 bridgehead atoms. The molecule has 0 saturated carbocycles. The minimum absolute atomic E-state index is 0.187. The fourth-order valence-electron chi connectivity index (χ4n) is 2.10. The highest BCUT2D eigenvalue weighted by Crippen LogP contribution is 2.16. The van der Waals surface area contributed by atoms with E-state index in [0.717, 1.165) is 5.69 Å². The van der Waals surface area contributed by atoms with Gasteiger partial charge in [0.25, 0.3) is 11.8 Å². The maximum absolute atomic E-state index is 12.4. The molecule has 1 heterocycles. The molecule has 0 spiro atoms. The lowest BCUT2D eigenvalue weighted by Crippen LogP contribution is -2.28. The van der Waals surface area contributed by atoms with Gasteiger partial charge < -0.3 is 20.3 Å². The monoisotopic (exact) mass is 342 g/mol. The Morgan fingerprint density at radius 2 is 1.84 bits per heavy atom. The Morgan fingerprint density at radius 3 is 2.48 bits per heavy atom. The van der Waals surface area contributed by atoms with Crippen molar-refractivity contribution in [2.24, 2.45) is 0 Å². The van der Waals surface area contributed by atoms with Crippen LogP contribution in [0.15, 0.2) is 42.6 Å². The number of aromatic nitrogens is 1. The molecule has 2 N–H and O–H groups in total. The molecule has 1 aromatic carbocycles. The Kier molecular flexibility index (Phi) is 6.47. The Labute approximate surface area is 147 Å². The summed E-state index contributed by atoms with van der Waals surface area (Å²) in [6.45, 7) is 0.792. The van der Waals surface area contributed by atoms with E-state index < -0.39 is 0 Å². The summed E-state index contributed by atoms with van der Waals surface area (Å²) in [6.07, 6.45) is 1.44. The number of ether oxygens (including phenoxy) is 1. The molecule has 2 aromatic rings. The standard InChI is InChI=1S/C18H22N4O3/c1-22(2)15-6-4-14(5-7-15)21-17(23)13-8-9-19-16(12-13)18(24)20-10-11-25-3/h4-9,12H,10-11H2,1-3H3,(H,20,24)(H,21,23). The molecule has 0 fully saturated rings. The zero-order valence-electron chi connectivity index (χ0n) is 14.6. The zero-order chi connectivity index (χ0) is 18.2. The van der Waals surface area contributed by atoms with Crippen molar-refractivity contribution in [1.82, 2.24) is 10.3 Å². The first-order valence-corrected chi connectivity index (χ1v) is 7.83. The van der Waals surface area contributed by atoms with Crippen LogP contribution in [0.4, 0.5) is 11.4 Å². The number of carbonyl (C=O) groups is 2. The van der Waals surface area contributed by atoms with E-state index in [0.29, 0.717) is 24.4 Å². The van der Waals surface area contributed by atoms with Crippen LogP contribution in [0.2, 0.25) is 0 Å². The fourth-order valence-corrected chi connectivity index (χ4v) is 2.10. The van der Waals surface area contributed by atoms with Crippen molar-refractivity contribution < 1.29 is 14.3 Å². The summed E-state index contributed by atoms with van der Waals surface area (Å²) in [4.78, 5) is 30.3. The first kappa shape index (κ1) is 18.4. The summed E-state index contributed by atoms with van der Waals surface area (Å²) in [6, 6.07) is 10.5. The third-order valence-electron chi connectivity index (χ3n) is 3.49. The predicted octanol–water partition coefficient (Wildman–Crippen LogP) is 1.78. The number of hydrogen-bond acceptors (Lipinski definition) is 5. The number of benzene rings is 1. The zero-order valence-corrected chi connectivity index (χ0v) is 14.6. The van der Waals surface area contributed by atoms with E-state index in [1.807, 2.05) is 43.3 Å². The molecule has 132 valence electrons. The summed E-state index contributed by atoms with van der Waals surface area (Å²) in [5, 5.41) is 5.48. The van der Waals surface area contributed by atoms with E-state index in [1.165, 1.54) is 12.3 Å². The van der Waals surface area contributed by atoms with Gasteiger partial charge in [-0.1, -0.05) is 0 Å². The van der Waals surface area contributed by atoms with Crippen molar-refractivity contribution in [2.45, 2.75) is 0 Å². The van der Waals surface area contributed by atoms with Crippen LogP contribution in [0.5, 0.6) is 0 Å². The van der Waals surface area contributed by atoms with E-state index in [9.17, 15) is 9.59 Å². The number of nitrogens with zero attached hydrogens (tertiary/aromatic N) is 2. The minimum Gasteiger partial charge on any atom is -0.383 e. The van der Waals surface area contributed by atoms with Crippen molar-refractivity contribution in [1.29, 1.82) is 0 Å². The van der Waals surface area contributed by atoms with Crippen LogP contribution in [0, 0.1) is 0 Å². The second kappa shape index (κ2) is 8.79. The average molecular weight is 342 g/mol. The van der Waals surface area contributed by atoms with Crippen molar-refractivity contribution in [2.75, 3.05) is 44.6 Å². The molecular formula is C18H22N4O3. The SMILES string of the molecule is COCCNC(=O)c1cc(C(=O)Nc2ccc(N(C)C)cc2)ccn1. The van der Waals surface area contributed by atoms with E-state index in [1.54, 1.807) is 13.2 Å². The fraction of sp³-hybridized carbons (Fsp3) is 0.278. The van der Waals surface area contributed by atoms with Crippen LogP contribution in [0.3, 0.4) is 0 Å². The predicted molar refractivity (Wildman–Crippen MR) is 97.2 cm³/mol. The van der Waals surface area contributed by atoms with Gasteiger partial charge in [-0.2, -0.15) is 0 Å². The van der Waals surface area contributed by atoms with Crippen LogP contribution in [0.25, 0.3) is 0 Å². The quantitative estimate of drug-likeness (QED) is 0.750. The third kappa shape index (κ3) is 5.29. The molecule has 2 rings (SSSR count). The number of nitrogens with one attached hydrogen (secondary N) is 2. The molecule has 0 unspecified atom stereocenters. The van der Waals surface area contributed by atoms with Crippen LogP contribution in [0.1, 0.15) is 20.8 Å². The number of amides is 2. The summed E-state index contributed by atoms with van der Waals surface area (Å²) in [7, 11) is 5.45. The molecule has 2 amide bonds. The highest BCUT2D eigenvalue weighted by atomic mass is 16.5. The Balaban J connectivity index is 2.04. The first-order valence-electron chi connectivity index (χ1n) is 7.83. The molecule has 0 radical (unpaired) electrons. The number of methoxy groups -OCH3 is 1. The Hall–Kier alpha value is -2.93. The molecule has 0 aliphatic heterocycles. The van der Waals surface area contributed by atoms with Gasteiger partial charge in [-0.25, -0.2) is 0 Å². The topological polar surface area (TPSA) is 83.6 Å². The van der Waals surface area contributed by atoms with Crippen molar-refractivity contribution >= 4 is 23.2 Å². The number of rotatable bonds is 7. The Morgan fingerprint density at radius 1 is 1.12 bits per heavy atom. The first-order chi connectivity index (χ1) is 12.0. The highest BCUT2D eigenvalue weighted by Gasteiger charge is 2.12. The van der Waals surface area contributed by atoms with Gasteiger partial charge in [-0.3, -0.25) is 14.6 Å². The van der Waals surface area contributed by atoms with E-state index in [4.69, 9.17) is 4.74 Å². The second-order valence-electron chi connectivity index (χ2n) is 5.57. The molecule has 7 nitrogen and oxygen atoms in total. The van der Waals surface area contributed by atoms with Crippen LogP contribution >= 0.6 is 0 Å². The lowest BCUT2D eigenvalue weighted by Gasteiger charge is -2.13.